The highest BCUT2D eigenvalue weighted by molar-refractivity contribution is 5.94. The van der Waals surface area contributed by atoms with Gasteiger partial charge in [0.2, 0.25) is 5.91 Å². The van der Waals surface area contributed by atoms with Gasteiger partial charge < -0.3 is 15.9 Å². The number of carbonyl (C=O) groups excluding carboxylic acids is 2. The molecule has 0 aliphatic rings. The third kappa shape index (κ3) is 2.67. The number of aromatic nitrogens is 2. The van der Waals surface area contributed by atoms with Gasteiger partial charge in [0.15, 0.2) is 12.0 Å². The minimum Gasteiger partial charge on any atom is -0.462 e. The van der Waals surface area contributed by atoms with E-state index in [9.17, 15) is 9.59 Å². The van der Waals surface area contributed by atoms with Crippen LogP contribution in [0.4, 0.5) is 5.82 Å². The number of aldehydes is 1. The van der Waals surface area contributed by atoms with Crippen molar-refractivity contribution in [2.45, 2.75) is 0 Å². The smallest absolute Gasteiger partial charge is 0.248 e. The lowest BCUT2D eigenvalue weighted by Crippen LogP contribution is -2.10. The second kappa shape index (κ2) is 5.72. The number of nitrogen functional groups attached to an aromatic ring is 1. The Morgan fingerprint density at radius 1 is 1.26 bits per heavy atom. The quantitative estimate of drug-likeness (QED) is 0.709. The molecule has 0 aliphatic carbocycles. The highest BCUT2D eigenvalue weighted by Gasteiger charge is 2.15. The maximum absolute atomic E-state index is 11.3. The lowest BCUT2D eigenvalue weighted by atomic mass is 10.1. The molecule has 0 radical (unpaired) electrons. The predicted octanol–water partition coefficient (Wildman–Crippen LogP) is 1.90. The van der Waals surface area contributed by atoms with Crippen molar-refractivity contribution in [1.82, 2.24) is 9.97 Å². The molecule has 0 bridgehead atoms. The largest absolute Gasteiger partial charge is 0.462 e. The molecule has 114 valence electrons. The number of carbonyl (C=O) groups is 2. The fourth-order valence-electron chi connectivity index (χ4n) is 2.16. The van der Waals surface area contributed by atoms with Gasteiger partial charge in [0, 0.05) is 11.1 Å². The number of nitrogens with zero attached hydrogens (tertiary/aromatic N) is 2. The molecule has 0 unspecified atom stereocenters. The van der Waals surface area contributed by atoms with Gasteiger partial charge in [-0.3, -0.25) is 9.59 Å². The summed E-state index contributed by atoms with van der Waals surface area (Å²) >= 11 is 0. The Morgan fingerprint density at radius 3 is 2.83 bits per heavy atom. The third-order valence-electron chi connectivity index (χ3n) is 3.28. The average molecular weight is 308 g/mol. The Kier molecular flexibility index (Phi) is 3.60. The second-order valence-corrected chi connectivity index (χ2v) is 4.76. The van der Waals surface area contributed by atoms with E-state index in [4.69, 9.17) is 15.9 Å². The Balaban J connectivity index is 2.13. The second-order valence-electron chi connectivity index (χ2n) is 4.76. The van der Waals surface area contributed by atoms with Crippen molar-refractivity contribution >= 4 is 18.0 Å². The number of anilines is 1. The number of amides is 1. The molecule has 0 atom stereocenters. The predicted molar refractivity (Wildman–Crippen MR) is 83.5 cm³/mol. The first-order valence-corrected chi connectivity index (χ1v) is 6.66. The number of primary amides is 1. The van der Waals surface area contributed by atoms with Gasteiger partial charge in [0.25, 0.3) is 0 Å². The van der Waals surface area contributed by atoms with Gasteiger partial charge in [0.05, 0.1) is 18.0 Å². The van der Waals surface area contributed by atoms with E-state index in [2.05, 4.69) is 9.97 Å². The van der Waals surface area contributed by atoms with Crippen LogP contribution in [0.3, 0.4) is 0 Å². The van der Waals surface area contributed by atoms with E-state index < -0.39 is 5.91 Å². The summed E-state index contributed by atoms with van der Waals surface area (Å²) in [6, 6.07) is 8.12. The van der Waals surface area contributed by atoms with Gasteiger partial charge in [-0.25, -0.2) is 9.97 Å². The van der Waals surface area contributed by atoms with Crippen LogP contribution < -0.4 is 11.5 Å². The summed E-state index contributed by atoms with van der Waals surface area (Å²) in [5.41, 5.74) is 13.2. The number of rotatable bonds is 4. The van der Waals surface area contributed by atoms with Crippen LogP contribution in [0.15, 0.2) is 47.2 Å². The Hall–Kier alpha value is -3.48. The molecule has 2 heterocycles. The van der Waals surface area contributed by atoms with Crippen molar-refractivity contribution in [3.63, 3.8) is 0 Å². The lowest BCUT2D eigenvalue weighted by Gasteiger charge is -2.07. The standard InChI is InChI=1S/C16H12N4O3/c17-15-13(9-2-1-3-10(6-9)16(18)22)20-12(7-19-15)14-11(8-21)4-5-23-14/h1-8H,(H2,17,19)(H2,18,22). The molecule has 1 amide bonds. The van der Waals surface area contributed by atoms with Gasteiger partial charge in [0.1, 0.15) is 17.2 Å². The molecule has 0 saturated carbocycles. The molecule has 1 aromatic carbocycles. The van der Waals surface area contributed by atoms with Gasteiger partial charge >= 0.3 is 0 Å². The molecule has 0 saturated heterocycles. The van der Waals surface area contributed by atoms with Crippen molar-refractivity contribution in [3.05, 3.63) is 53.9 Å². The van der Waals surface area contributed by atoms with E-state index >= 15 is 0 Å². The summed E-state index contributed by atoms with van der Waals surface area (Å²) in [5, 5.41) is 0. The maximum atomic E-state index is 11.3. The van der Waals surface area contributed by atoms with Crippen LogP contribution in [0.1, 0.15) is 20.7 Å². The van der Waals surface area contributed by atoms with Crippen LogP contribution in [0, 0.1) is 0 Å². The van der Waals surface area contributed by atoms with E-state index in [1.54, 1.807) is 24.3 Å². The number of hydrogen-bond acceptors (Lipinski definition) is 6. The number of hydrogen-bond donors (Lipinski definition) is 2. The minimum atomic E-state index is -0.552. The maximum Gasteiger partial charge on any atom is 0.248 e. The van der Waals surface area contributed by atoms with Crippen LogP contribution in [0.2, 0.25) is 0 Å². The van der Waals surface area contributed by atoms with Crippen molar-refractivity contribution in [3.8, 4) is 22.7 Å². The zero-order valence-electron chi connectivity index (χ0n) is 11.9. The molecule has 3 aromatic rings. The summed E-state index contributed by atoms with van der Waals surface area (Å²) in [5.74, 6) is -0.0572. The average Bonchev–Trinajstić information content (AvgIpc) is 3.04. The summed E-state index contributed by atoms with van der Waals surface area (Å²) in [6.45, 7) is 0. The van der Waals surface area contributed by atoms with Gasteiger partial charge in [-0.15, -0.1) is 0 Å². The van der Waals surface area contributed by atoms with Crippen LogP contribution >= 0.6 is 0 Å². The third-order valence-corrected chi connectivity index (χ3v) is 3.28. The van der Waals surface area contributed by atoms with Gasteiger partial charge in [-0.1, -0.05) is 12.1 Å². The van der Waals surface area contributed by atoms with Gasteiger partial charge in [-0.05, 0) is 18.2 Å². The van der Waals surface area contributed by atoms with Crippen LogP contribution in [-0.2, 0) is 0 Å². The first kappa shape index (κ1) is 14.5. The van der Waals surface area contributed by atoms with Gasteiger partial charge in [-0.2, -0.15) is 0 Å². The molecule has 0 aliphatic heterocycles. The van der Waals surface area contributed by atoms with Crippen LogP contribution in [0.5, 0.6) is 0 Å². The zero-order chi connectivity index (χ0) is 16.4. The van der Waals surface area contributed by atoms with E-state index in [-0.39, 0.29) is 5.82 Å². The molecule has 4 N–H and O–H groups in total. The highest BCUT2D eigenvalue weighted by Crippen LogP contribution is 2.28. The summed E-state index contributed by atoms with van der Waals surface area (Å²) in [7, 11) is 0. The molecule has 7 nitrogen and oxygen atoms in total. The van der Waals surface area contributed by atoms with Crippen molar-refractivity contribution in [2.24, 2.45) is 5.73 Å². The fraction of sp³-hybridized carbons (Fsp3) is 0. The van der Waals surface area contributed by atoms with Crippen LogP contribution in [-0.4, -0.2) is 22.2 Å². The zero-order valence-corrected chi connectivity index (χ0v) is 11.9. The minimum absolute atomic E-state index is 0.189. The summed E-state index contributed by atoms with van der Waals surface area (Å²) in [4.78, 5) is 30.8. The Labute approximate surface area is 131 Å². The van der Waals surface area contributed by atoms with Crippen molar-refractivity contribution in [2.75, 3.05) is 5.73 Å². The van der Waals surface area contributed by atoms with E-state index in [1.807, 2.05) is 0 Å². The lowest BCUT2D eigenvalue weighted by molar-refractivity contribution is 0.1000. The first-order chi connectivity index (χ1) is 11.1. The molecule has 2 aromatic heterocycles. The first-order valence-electron chi connectivity index (χ1n) is 6.66. The molecule has 23 heavy (non-hydrogen) atoms. The van der Waals surface area contributed by atoms with Crippen molar-refractivity contribution < 1.29 is 14.0 Å². The van der Waals surface area contributed by atoms with Crippen molar-refractivity contribution in [1.29, 1.82) is 0 Å². The monoisotopic (exact) mass is 308 g/mol. The molecule has 7 heteroatoms. The summed E-state index contributed by atoms with van der Waals surface area (Å²) < 4.78 is 5.29. The molecule has 3 rings (SSSR count). The SMILES string of the molecule is NC(=O)c1cccc(-c2nc(-c3occc3C=O)cnc2N)c1. The molecular weight excluding hydrogens is 296 g/mol. The Morgan fingerprint density at radius 2 is 2.09 bits per heavy atom. The highest BCUT2D eigenvalue weighted by atomic mass is 16.3. The summed E-state index contributed by atoms with van der Waals surface area (Å²) in [6.07, 6.45) is 3.48. The Bertz CT molecular complexity index is 902. The van der Waals surface area contributed by atoms with E-state index in [0.29, 0.717) is 40.1 Å². The number of nitrogens with two attached hydrogens (primary N) is 2. The number of benzene rings is 1. The van der Waals surface area contributed by atoms with E-state index in [1.165, 1.54) is 18.5 Å². The molecule has 0 fully saturated rings. The molecular formula is C16H12N4O3. The van der Waals surface area contributed by atoms with E-state index in [0.717, 1.165) is 0 Å². The van der Waals surface area contributed by atoms with Crippen LogP contribution in [0.25, 0.3) is 22.7 Å². The topological polar surface area (TPSA) is 125 Å². The molecule has 0 spiro atoms. The number of furan rings is 1. The fourth-order valence-corrected chi connectivity index (χ4v) is 2.16. The normalized spacial score (nSPS) is 10.4.